The lowest BCUT2D eigenvalue weighted by molar-refractivity contribution is -0.123. The zero-order chi connectivity index (χ0) is 17.3. The number of anilines is 2. The fourth-order valence-electron chi connectivity index (χ4n) is 1.94. The van der Waals surface area contributed by atoms with Crippen LogP contribution in [0.3, 0.4) is 0 Å². The zero-order valence-electron chi connectivity index (χ0n) is 13.5. The summed E-state index contributed by atoms with van der Waals surface area (Å²) in [6.45, 7) is 5.57. The second-order valence-electron chi connectivity index (χ2n) is 6.34. The van der Waals surface area contributed by atoms with Crippen molar-refractivity contribution in [2.75, 3.05) is 10.6 Å². The average Bonchev–Trinajstić information content (AvgIpc) is 3.14. The van der Waals surface area contributed by atoms with Gasteiger partial charge >= 0.3 is 0 Å². The van der Waals surface area contributed by atoms with Gasteiger partial charge in [-0.15, -0.1) is 0 Å². The van der Waals surface area contributed by atoms with Crippen LogP contribution in [0, 0.1) is 5.41 Å². The minimum absolute atomic E-state index is 0.0577. The zero-order valence-corrected chi connectivity index (χ0v) is 14.4. The fraction of sp³-hybridized carbons (Fsp3) is 0.235. The van der Waals surface area contributed by atoms with Gasteiger partial charge in [-0.3, -0.25) is 14.9 Å². The lowest BCUT2D eigenvalue weighted by Gasteiger charge is -2.17. The first-order valence-electron chi connectivity index (χ1n) is 7.40. The molecule has 0 aliphatic carbocycles. The molecule has 0 saturated carbocycles. The first-order valence-corrected chi connectivity index (χ1v) is 8.21. The van der Waals surface area contributed by atoms with Crippen LogP contribution in [0.25, 0.3) is 10.2 Å². The van der Waals surface area contributed by atoms with E-state index in [0.29, 0.717) is 10.8 Å². The molecular formula is C17H17N3O3S. The number of nitrogens with one attached hydrogen (secondary N) is 2. The fourth-order valence-corrected chi connectivity index (χ4v) is 2.84. The summed E-state index contributed by atoms with van der Waals surface area (Å²) in [6.07, 6.45) is 1.44. The van der Waals surface area contributed by atoms with E-state index in [2.05, 4.69) is 15.6 Å². The highest BCUT2D eigenvalue weighted by Gasteiger charge is 2.21. The number of fused-ring (bicyclic) bond motifs is 1. The molecule has 2 heterocycles. The molecule has 6 nitrogen and oxygen atoms in total. The standard InChI is InChI=1S/C17H17N3O3S/c1-17(2,3)15(22)18-10-6-7-11-13(9-10)24-16(19-11)20-14(21)12-5-4-8-23-12/h4-9H,1-3H3,(H,18,22)(H,19,20,21). The van der Waals surface area contributed by atoms with E-state index in [-0.39, 0.29) is 17.6 Å². The predicted molar refractivity (Wildman–Crippen MR) is 94.4 cm³/mol. The number of amides is 2. The van der Waals surface area contributed by atoms with Gasteiger partial charge in [0.05, 0.1) is 16.5 Å². The van der Waals surface area contributed by atoms with Crippen LogP contribution >= 0.6 is 11.3 Å². The lowest BCUT2D eigenvalue weighted by Crippen LogP contribution is -2.27. The summed E-state index contributed by atoms with van der Waals surface area (Å²) in [5.74, 6) is -0.176. The Morgan fingerprint density at radius 1 is 1.17 bits per heavy atom. The minimum Gasteiger partial charge on any atom is -0.459 e. The van der Waals surface area contributed by atoms with Crippen molar-refractivity contribution >= 4 is 44.2 Å². The third-order valence-corrected chi connectivity index (χ3v) is 4.23. The van der Waals surface area contributed by atoms with Gasteiger partial charge in [-0.2, -0.15) is 0 Å². The monoisotopic (exact) mass is 343 g/mol. The van der Waals surface area contributed by atoms with Gasteiger partial charge in [0.15, 0.2) is 10.9 Å². The van der Waals surface area contributed by atoms with E-state index in [9.17, 15) is 9.59 Å². The maximum atomic E-state index is 12.1. The van der Waals surface area contributed by atoms with Gasteiger partial charge in [0.2, 0.25) is 5.91 Å². The molecule has 2 N–H and O–H groups in total. The highest BCUT2D eigenvalue weighted by Crippen LogP contribution is 2.29. The number of hydrogen-bond donors (Lipinski definition) is 2. The first kappa shape index (κ1) is 16.2. The molecule has 0 radical (unpaired) electrons. The van der Waals surface area contributed by atoms with Crippen molar-refractivity contribution in [1.82, 2.24) is 4.98 Å². The van der Waals surface area contributed by atoms with E-state index in [1.807, 2.05) is 32.9 Å². The Hall–Kier alpha value is -2.67. The Morgan fingerprint density at radius 2 is 1.96 bits per heavy atom. The number of benzene rings is 1. The van der Waals surface area contributed by atoms with E-state index >= 15 is 0 Å². The van der Waals surface area contributed by atoms with Crippen molar-refractivity contribution in [3.05, 3.63) is 42.4 Å². The molecule has 0 aliphatic rings. The molecule has 0 atom stereocenters. The van der Waals surface area contributed by atoms with Crippen molar-refractivity contribution in [3.63, 3.8) is 0 Å². The largest absolute Gasteiger partial charge is 0.459 e. The Bertz CT molecular complexity index is 892. The third kappa shape index (κ3) is 3.46. The van der Waals surface area contributed by atoms with Crippen LogP contribution in [0.1, 0.15) is 31.3 Å². The Kier molecular flexibility index (Phi) is 4.11. The molecule has 2 amide bonds. The van der Waals surface area contributed by atoms with Crippen LogP contribution in [0.5, 0.6) is 0 Å². The van der Waals surface area contributed by atoms with E-state index < -0.39 is 5.41 Å². The quantitative estimate of drug-likeness (QED) is 0.749. The molecule has 3 rings (SSSR count). The van der Waals surface area contributed by atoms with Crippen molar-refractivity contribution in [2.45, 2.75) is 20.8 Å². The van der Waals surface area contributed by atoms with E-state index in [1.54, 1.807) is 18.2 Å². The number of thiazole rings is 1. The summed E-state index contributed by atoms with van der Waals surface area (Å²) < 4.78 is 5.93. The van der Waals surface area contributed by atoms with Gasteiger partial charge in [-0.25, -0.2) is 4.98 Å². The summed E-state index contributed by atoms with van der Waals surface area (Å²) in [4.78, 5) is 28.4. The highest BCUT2D eigenvalue weighted by atomic mass is 32.1. The number of carbonyl (C=O) groups excluding carboxylic acids is 2. The van der Waals surface area contributed by atoms with Crippen LogP contribution in [0.2, 0.25) is 0 Å². The van der Waals surface area contributed by atoms with Gasteiger partial charge < -0.3 is 9.73 Å². The van der Waals surface area contributed by atoms with Crippen molar-refractivity contribution < 1.29 is 14.0 Å². The number of furan rings is 1. The summed E-state index contributed by atoms with van der Waals surface area (Å²) in [5.41, 5.74) is 0.990. The van der Waals surface area contributed by atoms with Crippen LogP contribution in [0.4, 0.5) is 10.8 Å². The van der Waals surface area contributed by atoms with Gasteiger partial charge in [0.25, 0.3) is 5.91 Å². The number of aromatic nitrogens is 1. The number of nitrogens with zero attached hydrogens (tertiary/aromatic N) is 1. The lowest BCUT2D eigenvalue weighted by atomic mass is 9.95. The summed E-state index contributed by atoms with van der Waals surface area (Å²) in [7, 11) is 0. The van der Waals surface area contributed by atoms with Crippen molar-refractivity contribution in [3.8, 4) is 0 Å². The van der Waals surface area contributed by atoms with Crippen LogP contribution < -0.4 is 10.6 Å². The molecule has 0 spiro atoms. The van der Waals surface area contributed by atoms with E-state index in [4.69, 9.17) is 4.42 Å². The second kappa shape index (κ2) is 6.09. The first-order chi connectivity index (χ1) is 11.3. The third-order valence-electron chi connectivity index (χ3n) is 3.29. The number of carbonyl (C=O) groups is 2. The molecule has 0 aliphatic heterocycles. The van der Waals surface area contributed by atoms with Crippen molar-refractivity contribution in [1.29, 1.82) is 0 Å². The molecule has 0 saturated heterocycles. The smallest absolute Gasteiger partial charge is 0.293 e. The Morgan fingerprint density at radius 3 is 2.62 bits per heavy atom. The maximum absolute atomic E-state index is 12.1. The van der Waals surface area contributed by atoms with Gasteiger partial charge in [-0.1, -0.05) is 32.1 Å². The molecule has 24 heavy (non-hydrogen) atoms. The molecule has 0 fully saturated rings. The molecule has 7 heteroatoms. The van der Waals surface area contributed by atoms with Crippen LogP contribution in [-0.2, 0) is 4.79 Å². The van der Waals surface area contributed by atoms with Crippen LogP contribution in [0.15, 0.2) is 41.0 Å². The van der Waals surface area contributed by atoms with Crippen LogP contribution in [-0.4, -0.2) is 16.8 Å². The van der Waals surface area contributed by atoms with Gasteiger partial charge in [0, 0.05) is 11.1 Å². The molecule has 0 bridgehead atoms. The molecule has 3 aromatic rings. The highest BCUT2D eigenvalue weighted by molar-refractivity contribution is 7.22. The minimum atomic E-state index is -0.467. The molecular weight excluding hydrogens is 326 g/mol. The molecule has 2 aromatic heterocycles. The van der Waals surface area contributed by atoms with E-state index in [1.165, 1.54) is 17.6 Å². The predicted octanol–water partition coefficient (Wildman–Crippen LogP) is 4.13. The SMILES string of the molecule is CC(C)(C)C(=O)Nc1ccc2nc(NC(=O)c3ccco3)sc2c1. The normalized spacial score (nSPS) is 11.5. The molecule has 1 aromatic carbocycles. The summed E-state index contributed by atoms with van der Waals surface area (Å²) >= 11 is 1.34. The Labute approximate surface area is 142 Å². The van der Waals surface area contributed by atoms with Crippen molar-refractivity contribution in [2.24, 2.45) is 5.41 Å². The second-order valence-corrected chi connectivity index (χ2v) is 7.37. The maximum Gasteiger partial charge on any atom is 0.293 e. The van der Waals surface area contributed by atoms with Gasteiger partial charge in [0.1, 0.15) is 0 Å². The Balaban J connectivity index is 1.79. The average molecular weight is 343 g/mol. The van der Waals surface area contributed by atoms with Gasteiger partial charge in [-0.05, 0) is 30.3 Å². The summed E-state index contributed by atoms with van der Waals surface area (Å²) in [5, 5.41) is 6.07. The molecule has 124 valence electrons. The topological polar surface area (TPSA) is 84.2 Å². The van der Waals surface area contributed by atoms with E-state index in [0.717, 1.165) is 10.2 Å². The number of rotatable bonds is 3. The summed E-state index contributed by atoms with van der Waals surface area (Å²) in [6, 6.07) is 8.69. The number of hydrogen-bond acceptors (Lipinski definition) is 5. The molecule has 0 unspecified atom stereocenters.